The molecule has 2 rings (SSSR count). The predicted molar refractivity (Wildman–Crippen MR) is 87.1 cm³/mol. The number of nitrogens with zero attached hydrogens (tertiary/aromatic N) is 1. The van der Waals surface area contributed by atoms with Gasteiger partial charge in [0.1, 0.15) is 0 Å². The number of likely N-dealkylation sites (N-methyl/N-ethyl adjacent to an activating group) is 1. The first-order valence-electron chi connectivity index (χ1n) is 7.76. The molecule has 0 unspecified atom stereocenters. The van der Waals surface area contributed by atoms with Crippen LogP contribution in [0.15, 0.2) is 42.5 Å². The third kappa shape index (κ3) is 5.02. The van der Waals surface area contributed by atoms with E-state index in [-0.39, 0.29) is 18.7 Å². The highest BCUT2D eigenvalue weighted by atomic mass is 19.4. The molecule has 9 heteroatoms. The lowest BCUT2D eigenvalue weighted by atomic mass is 10.1. The summed E-state index contributed by atoms with van der Waals surface area (Å²) in [5, 5.41) is 2.32. The lowest BCUT2D eigenvalue weighted by Gasteiger charge is -2.18. The van der Waals surface area contributed by atoms with Crippen molar-refractivity contribution < 1.29 is 31.5 Å². The van der Waals surface area contributed by atoms with E-state index in [1.807, 2.05) is 0 Å². The Kier molecular flexibility index (Phi) is 6.14. The van der Waals surface area contributed by atoms with Crippen LogP contribution in [0.5, 0.6) is 0 Å². The molecule has 4 nitrogen and oxygen atoms in total. The monoisotopic (exact) mass is 386 g/mol. The van der Waals surface area contributed by atoms with Crippen molar-refractivity contribution in [3.63, 3.8) is 0 Å². The number of carbonyl (C=O) groups is 2. The fraction of sp³-hybridized carbons (Fsp3) is 0.222. The van der Waals surface area contributed by atoms with Gasteiger partial charge < -0.3 is 10.2 Å². The summed E-state index contributed by atoms with van der Waals surface area (Å²) in [6, 6.07) is 7.10. The number of benzene rings is 2. The summed E-state index contributed by atoms with van der Waals surface area (Å²) in [5.74, 6) is -4.00. The van der Waals surface area contributed by atoms with Crippen molar-refractivity contribution in [2.24, 2.45) is 0 Å². The topological polar surface area (TPSA) is 49.4 Å². The summed E-state index contributed by atoms with van der Waals surface area (Å²) in [5.41, 5.74) is -1.59. The van der Waals surface area contributed by atoms with Crippen molar-refractivity contribution >= 4 is 11.8 Å². The third-order valence-corrected chi connectivity index (χ3v) is 3.71. The Labute approximate surface area is 151 Å². The van der Waals surface area contributed by atoms with Crippen LogP contribution in [-0.2, 0) is 6.18 Å². The second-order valence-corrected chi connectivity index (χ2v) is 5.66. The van der Waals surface area contributed by atoms with Gasteiger partial charge >= 0.3 is 6.18 Å². The minimum Gasteiger partial charge on any atom is -0.350 e. The van der Waals surface area contributed by atoms with Crippen LogP contribution < -0.4 is 5.32 Å². The maximum atomic E-state index is 13.5. The van der Waals surface area contributed by atoms with Crippen LogP contribution >= 0.6 is 0 Å². The van der Waals surface area contributed by atoms with Gasteiger partial charge in [0.2, 0.25) is 0 Å². The molecule has 0 aliphatic carbocycles. The van der Waals surface area contributed by atoms with Crippen LogP contribution in [0, 0.1) is 11.6 Å². The van der Waals surface area contributed by atoms with E-state index >= 15 is 0 Å². The van der Waals surface area contributed by atoms with Crippen LogP contribution in [0.2, 0.25) is 0 Å². The minimum absolute atomic E-state index is 0.0439. The van der Waals surface area contributed by atoms with Crippen LogP contribution in [0.3, 0.4) is 0 Å². The summed E-state index contributed by atoms with van der Waals surface area (Å²) in [6.45, 7) is -0.145. The van der Waals surface area contributed by atoms with Gasteiger partial charge in [-0.05, 0) is 30.3 Å². The zero-order valence-corrected chi connectivity index (χ0v) is 14.1. The first kappa shape index (κ1) is 20.3. The van der Waals surface area contributed by atoms with E-state index in [1.54, 1.807) is 0 Å². The standard InChI is InChI=1S/C18H15F5N2O2/c1-25(17(27)11-4-2-5-12(10-11)18(21,22)23)9-8-24-16(26)13-6-3-7-14(19)15(13)20/h2-7,10H,8-9H2,1H3,(H,24,26). The van der Waals surface area contributed by atoms with E-state index in [4.69, 9.17) is 0 Å². The zero-order valence-electron chi connectivity index (χ0n) is 14.1. The van der Waals surface area contributed by atoms with Gasteiger partial charge in [-0.15, -0.1) is 0 Å². The smallest absolute Gasteiger partial charge is 0.350 e. The molecule has 27 heavy (non-hydrogen) atoms. The predicted octanol–water partition coefficient (Wildman–Crippen LogP) is 3.49. The molecule has 0 spiro atoms. The minimum atomic E-state index is -4.57. The van der Waals surface area contributed by atoms with E-state index in [0.717, 1.165) is 35.2 Å². The molecule has 0 aromatic heterocycles. The van der Waals surface area contributed by atoms with Crippen LogP contribution in [0.4, 0.5) is 22.0 Å². The molecular weight excluding hydrogens is 371 g/mol. The maximum absolute atomic E-state index is 13.5. The average Bonchev–Trinajstić information content (AvgIpc) is 2.62. The molecule has 1 N–H and O–H groups in total. The lowest BCUT2D eigenvalue weighted by molar-refractivity contribution is -0.137. The van der Waals surface area contributed by atoms with E-state index in [2.05, 4.69) is 5.32 Å². The van der Waals surface area contributed by atoms with Crippen molar-refractivity contribution in [2.75, 3.05) is 20.1 Å². The Balaban J connectivity index is 1.96. The molecule has 0 radical (unpaired) electrons. The quantitative estimate of drug-likeness (QED) is 0.800. The molecule has 0 heterocycles. The Morgan fingerprint density at radius 1 is 1.07 bits per heavy atom. The number of rotatable bonds is 5. The SMILES string of the molecule is CN(CCNC(=O)c1cccc(F)c1F)C(=O)c1cccc(C(F)(F)F)c1. The molecule has 2 aromatic rings. The van der Waals surface area contributed by atoms with Gasteiger partial charge in [0.15, 0.2) is 11.6 Å². The zero-order chi connectivity index (χ0) is 20.2. The van der Waals surface area contributed by atoms with Gasteiger partial charge in [-0.1, -0.05) is 12.1 Å². The number of nitrogens with one attached hydrogen (secondary N) is 1. The molecule has 2 aromatic carbocycles. The highest BCUT2D eigenvalue weighted by Gasteiger charge is 2.31. The van der Waals surface area contributed by atoms with Crippen molar-refractivity contribution in [3.05, 3.63) is 70.8 Å². The number of hydrogen-bond donors (Lipinski definition) is 1. The van der Waals surface area contributed by atoms with Gasteiger partial charge in [-0.2, -0.15) is 13.2 Å². The number of halogens is 5. The second-order valence-electron chi connectivity index (χ2n) is 5.66. The Morgan fingerprint density at radius 3 is 2.41 bits per heavy atom. The lowest BCUT2D eigenvalue weighted by Crippen LogP contribution is -2.36. The molecule has 0 bridgehead atoms. The van der Waals surface area contributed by atoms with Crippen LogP contribution in [0.1, 0.15) is 26.3 Å². The summed E-state index contributed by atoms with van der Waals surface area (Å²) < 4.78 is 64.8. The Bertz CT molecular complexity index is 852. The second kappa shape index (κ2) is 8.15. The largest absolute Gasteiger partial charge is 0.416 e. The van der Waals surface area contributed by atoms with E-state index in [9.17, 15) is 31.5 Å². The summed E-state index contributed by atoms with van der Waals surface area (Å²) in [4.78, 5) is 25.2. The third-order valence-electron chi connectivity index (χ3n) is 3.71. The number of amides is 2. The Morgan fingerprint density at radius 2 is 1.74 bits per heavy atom. The van der Waals surface area contributed by atoms with Gasteiger partial charge in [0, 0.05) is 25.7 Å². The number of alkyl halides is 3. The van der Waals surface area contributed by atoms with E-state index in [0.29, 0.717) is 0 Å². The van der Waals surface area contributed by atoms with Gasteiger partial charge in [0.05, 0.1) is 11.1 Å². The normalized spacial score (nSPS) is 11.2. The van der Waals surface area contributed by atoms with Crippen molar-refractivity contribution in [1.29, 1.82) is 0 Å². The maximum Gasteiger partial charge on any atom is 0.416 e. The summed E-state index contributed by atoms with van der Waals surface area (Å²) >= 11 is 0. The van der Waals surface area contributed by atoms with E-state index in [1.165, 1.54) is 19.2 Å². The molecule has 0 saturated carbocycles. The first-order valence-corrected chi connectivity index (χ1v) is 7.76. The average molecular weight is 386 g/mol. The summed E-state index contributed by atoms with van der Waals surface area (Å²) in [6.07, 6.45) is -4.57. The molecule has 0 aliphatic heterocycles. The summed E-state index contributed by atoms with van der Waals surface area (Å²) in [7, 11) is 1.34. The highest BCUT2D eigenvalue weighted by Crippen LogP contribution is 2.29. The van der Waals surface area contributed by atoms with Gasteiger partial charge in [0.25, 0.3) is 11.8 Å². The van der Waals surface area contributed by atoms with Gasteiger partial charge in [-0.3, -0.25) is 9.59 Å². The molecule has 0 fully saturated rings. The number of carbonyl (C=O) groups excluding carboxylic acids is 2. The fourth-order valence-electron chi connectivity index (χ4n) is 2.26. The molecule has 0 saturated heterocycles. The van der Waals surface area contributed by atoms with Crippen molar-refractivity contribution in [2.45, 2.75) is 6.18 Å². The van der Waals surface area contributed by atoms with Crippen LogP contribution in [0.25, 0.3) is 0 Å². The molecule has 2 amide bonds. The van der Waals surface area contributed by atoms with Crippen molar-refractivity contribution in [1.82, 2.24) is 10.2 Å². The Hall–Kier alpha value is -2.97. The fourth-order valence-corrected chi connectivity index (χ4v) is 2.26. The molecule has 144 valence electrons. The molecule has 0 aliphatic rings. The number of hydrogen-bond acceptors (Lipinski definition) is 2. The van der Waals surface area contributed by atoms with Crippen molar-refractivity contribution in [3.8, 4) is 0 Å². The first-order chi connectivity index (χ1) is 12.6. The highest BCUT2D eigenvalue weighted by molar-refractivity contribution is 5.95. The van der Waals surface area contributed by atoms with Gasteiger partial charge in [-0.25, -0.2) is 8.78 Å². The van der Waals surface area contributed by atoms with Crippen LogP contribution in [-0.4, -0.2) is 36.9 Å². The van der Waals surface area contributed by atoms with E-state index < -0.39 is 40.8 Å². The molecular formula is C18H15F5N2O2. The molecule has 0 atom stereocenters.